The van der Waals surface area contributed by atoms with E-state index in [1.165, 1.54) is 0 Å². The largest absolute Gasteiger partial charge is 0.414 e. The first-order valence-electron chi connectivity index (χ1n) is 23.8. The van der Waals surface area contributed by atoms with Crippen LogP contribution in [-0.2, 0) is 36.9 Å². The fourth-order valence-corrected chi connectivity index (χ4v) is 12.2. The minimum atomic E-state index is -1.71. The van der Waals surface area contributed by atoms with Crippen molar-refractivity contribution < 1.29 is 36.9 Å². The van der Waals surface area contributed by atoms with Crippen LogP contribution in [-0.4, -0.2) is 80.8 Å². The second-order valence-corrected chi connectivity index (χ2v) is 44.1. The molecule has 0 bridgehead atoms. The molecule has 0 aromatic carbocycles. The maximum atomic E-state index is 11.6. The van der Waals surface area contributed by atoms with Crippen LogP contribution in [0.15, 0.2) is 24.3 Å². The lowest BCUT2D eigenvalue weighted by Crippen LogP contribution is -2.46. The van der Waals surface area contributed by atoms with Crippen molar-refractivity contribution in [1.82, 2.24) is 0 Å². The van der Waals surface area contributed by atoms with Gasteiger partial charge in [-0.2, -0.15) is 0 Å². The normalized spacial score (nSPS) is 25.8. The van der Waals surface area contributed by atoms with Crippen molar-refractivity contribution in [3.8, 4) is 0 Å². The molecule has 8 nitrogen and oxygen atoms in total. The van der Waals surface area contributed by atoms with Gasteiger partial charge in [0.05, 0.1) is 18.3 Å². The molecule has 0 aromatic heterocycles. The lowest BCUT2D eigenvalue weighted by molar-refractivity contribution is -0.124. The van der Waals surface area contributed by atoms with Gasteiger partial charge in [0.25, 0.3) is 0 Å². The van der Waals surface area contributed by atoms with Crippen LogP contribution < -0.4 is 0 Å². The van der Waals surface area contributed by atoms with Crippen LogP contribution in [0, 0.1) is 11.8 Å². The van der Waals surface area contributed by atoms with Gasteiger partial charge in [0.2, 0.25) is 0 Å². The topological polar surface area (TPSA) is 105 Å². The van der Waals surface area contributed by atoms with E-state index in [9.17, 15) is 19.2 Å². The summed E-state index contributed by atoms with van der Waals surface area (Å²) >= 11 is 0. The Morgan fingerprint density at radius 2 is 0.968 bits per heavy atom. The van der Waals surface area contributed by atoms with E-state index in [2.05, 4.69) is 149 Å². The first-order valence-corrected chi connectivity index (χ1v) is 35.5. The summed E-state index contributed by atoms with van der Waals surface area (Å²) in [5.74, 6) is 2.10. The van der Waals surface area contributed by atoms with Crippen molar-refractivity contribution in [2.45, 2.75) is 258 Å². The van der Waals surface area contributed by atoms with Gasteiger partial charge in [0, 0.05) is 44.6 Å². The number of ketones is 4. The third-order valence-corrected chi connectivity index (χ3v) is 33.0. The van der Waals surface area contributed by atoms with Crippen LogP contribution in [0.25, 0.3) is 0 Å². The molecule has 62 heavy (non-hydrogen) atoms. The van der Waals surface area contributed by atoms with Crippen LogP contribution in [0.3, 0.4) is 0 Å². The molecule has 4 aliphatic carbocycles. The Balaban J connectivity index is 0.000000414. The quantitative estimate of drug-likeness (QED) is 0.222. The Bertz CT molecular complexity index is 1530. The van der Waals surface area contributed by atoms with Gasteiger partial charge in [-0.3, -0.25) is 19.2 Å². The van der Waals surface area contributed by atoms with Crippen LogP contribution in [0.5, 0.6) is 0 Å². The summed E-state index contributed by atoms with van der Waals surface area (Å²) in [6.45, 7) is 49.2. The van der Waals surface area contributed by atoms with E-state index < -0.39 is 33.3 Å². The predicted octanol–water partition coefficient (Wildman–Crippen LogP) is 14.1. The summed E-state index contributed by atoms with van der Waals surface area (Å²) in [4.78, 5) is 45.2. The third-order valence-electron chi connectivity index (χ3n) is 14.9. The molecule has 0 aromatic rings. The summed E-state index contributed by atoms with van der Waals surface area (Å²) in [5.41, 5.74) is 0. The zero-order chi connectivity index (χ0) is 48.5. The Morgan fingerprint density at radius 1 is 0.500 bits per heavy atom. The second kappa shape index (κ2) is 23.1. The van der Waals surface area contributed by atoms with Crippen molar-refractivity contribution in [2.75, 3.05) is 0 Å². The highest BCUT2D eigenvalue weighted by atomic mass is 28.4. The molecule has 2 saturated carbocycles. The maximum absolute atomic E-state index is 11.6. The van der Waals surface area contributed by atoms with Crippen LogP contribution in [0.1, 0.15) is 161 Å². The van der Waals surface area contributed by atoms with Gasteiger partial charge < -0.3 is 17.7 Å². The Kier molecular flexibility index (Phi) is 21.9. The smallest absolute Gasteiger partial charge is 0.192 e. The molecule has 0 heterocycles. The molecule has 0 amide bonds. The van der Waals surface area contributed by atoms with E-state index in [0.717, 1.165) is 32.1 Å². The average Bonchev–Trinajstić information content (AvgIpc) is 3.05. The van der Waals surface area contributed by atoms with Gasteiger partial charge in [0.1, 0.15) is 11.6 Å². The molecule has 0 spiro atoms. The first-order chi connectivity index (χ1) is 27.7. The fourth-order valence-electron chi connectivity index (χ4n) is 6.68. The number of Topliss-reactive ketones (excluding diaryl/α,β-unsaturated/α-hetero) is 2. The summed E-state index contributed by atoms with van der Waals surface area (Å²) in [5, 5.41) is 0.949. The number of hydrogen-bond donors (Lipinski definition) is 0. The Hall–Kier alpha value is -1.13. The van der Waals surface area contributed by atoms with Crippen LogP contribution in [0.2, 0.25) is 72.5 Å². The van der Waals surface area contributed by atoms with E-state index in [4.69, 9.17) is 17.7 Å². The highest BCUT2D eigenvalue weighted by Crippen LogP contribution is 2.42. The van der Waals surface area contributed by atoms with Crippen molar-refractivity contribution in [1.29, 1.82) is 0 Å². The van der Waals surface area contributed by atoms with E-state index >= 15 is 0 Å². The van der Waals surface area contributed by atoms with E-state index in [-0.39, 0.29) is 50.0 Å². The summed E-state index contributed by atoms with van der Waals surface area (Å²) < 4.78 is 25.1. The Morgan fingerprint density at radius 3 is 1.39 bits per heavy atom. The molecule has 4 aliphatic rings. The standard InChI is InChI=1S/2C13H26O2Si.2C12H22O2Si/c1-10-7-11(14)9-12(8-10)15-16(5,6)13(2,3)4;1-10-9-11(14)7-8-12(10)15-16(5,6)13(2,3)4;1-12(2,3)15(4,5)14-11-8-6-10(13)7-9-11;1-12(2,3)15(4,5)14-11-8-6-7-10(13)9-11/h2*10,12H,7-9H2,1-6H3;6,8,11H,7,9H2,1-5H3;6-7,11H,8-9H2,1-5H3. The molecule has 4 rings (SSSR count). The zero-order valence-corrected chi connectivity index (χ0v) is 48.1. The highest BCUT2D eigenvalue weighted by molar-refractivity contribution is 6.75. The average molecular weight is 938 g/mol. The summed E-state index contributed by atoms with van der Waals surface area (Å²) in [6.07, 6.45) is 15.7. The maximum Gasteiger partial charge on any atom is 0.192 e. The summed E-state index contributed by atoms with van der Waals surface area (Å²) in [7, 11) is -6.76. The van der Waals surface area contributed by atoms with Gasteiger partial charge in [-0.1, -0.05) is 109 Å². The molecule has 0 saturated heterocycles. The molecular weight excluding hydrogens is 841 g/mol. The van der Waals surface area contributed by atoms with E-state index in [1.807, 2.05) is 12.2 Å². The lowest BCUT2D eigenvalue weighted by atomic mass is 9.87. The fraction of sp³-hybridized carbons (Fsp3) is 0.840. The minimum Gasteiger partial charge on any atom is -0.414 e. The van der Waals surface area contributed by atoms with E-state index in [1.54, 1.807) is 12.2 Å². The SMILES string of the molecule is CC(C)(C)[Si](C)(C)OC1C=CC(=O)CC1.CC(C)(C)[Si](C)(C)OC1CC=CC(=O)C1.CC1CC(=O)CC(O[Si](C)(C)C(C)(C)C)C1.CC1CC(=O)CCC1O[Si](C)(C)C(C)(C)C. The third kappa shape index (κ3) is 19.8. The van der Waals surface area contributed by atoms with Gasteiger partial charge in [-0.25, -0.2) is 0 Å². The van der Waals surface area contributed by atoms with Crippen molar-refractivity contribution >= 4 is 56.4 Å². The minimum absolute atomic E-state index is 0.114. The number of carbonyl (C=O) groups excluding carboxylic acids is 4. The monoisotopic (exact) mass is 937 g/mol. The Labute approximate surface area is 385 Å². The number of rotatable bonds is 8. The van der Waals surface area contributed by atoms with Gasteiger partial charge in [0.15, 0.2) is 44.8 Å². The number of allylic oxidation sites excluding steroid dienone is 2. The zero-order valence-electron chi connectivity index (χ0n) is 44.1. The number of hydrogen-bond acceptors (Lipinski definition) is 8. The molecule has 360 valence electrons. The van der Waals surface area contributed by atoms with Gasteiger partial charge >= 0.3 is 0 Å². The molecule has 0 radical (unpaired) electrons. The van der Waals surface area contributed by atoms with E-state index in [0.29, 0.717) is 61.6 Å². The predicted molar refractivity (Wildman–Crippen MR) is 271 cm³/mol. The van der Waals surface area contributed by atoms with Crippen molar-refractivity contribution in [3.05, 3.63) is 24.3 Å². The van der Waals surface area contributed by atoms with Crippen molar-refractivity contribution in [2.24, 2.45) is 11.8 Å². The molecule has 2 fully saturated rings. The molecular formula is C50H96O8Si4. The molecule has 12 heteroatoms. The molecule has 0 aliphatic heterocycles. The lowest BCUT2D eigenvalue weighted by Gasteiger charge is -2.42. The highest BCUT2D eigenvalue weighted by Gasteiger charge is 2.43. The van der Waals surface area contributed by atoms with Gasteiger partial charge in [-0.05, 0) is 122 Å². The van der Waals surface area contributed by atoms with Crippen LogP contribution >= 0.6 is 0 Å². The molecule has 6 atom stereocenters. The van der Waals surface area contributed by atoms with Crippen molar-refractivity contribution in [3.63, 3.8) is 0 Å². The summed E-state index contributed by atoms with van der Waals surface area (Å²) in [6, 6.07) is 0. The number of carbonyl (C=O) groups is 4. The second-order valence-electron chi connectivity index (χ2n) is 25.1. The van der Waals surface area contributed by atoms with Gasteiger partial charge in [-0.15, -0.1) is 0 Å². The molecule has 6 unspecified atom stereocenters. The van der Waals surface area contributed by atoms with Crippen LogP contribution in [0.4, 0.5) is 0 Å². The first kappa shape index (κ1) is 58.9. The molecule has 0 N–H and O–H groups in total.